The van der Waals surface area contributed by atoms with Crippen LogP contribution >= 0.6 is 0 Å². The number of carbonyl (C=O) groups excluding carboxylic acids is 2. The first-order valence-corrected chi connectivity index (χ1v) is 26.6. The molecular weight excluding hydrogens is 739 g/mol. The largest absolute Gasteiger partial charge is 0.461 e. The van der Waals surface area contributed by atoms with E-state index < -0.39 is 0 Å². The molecule has 0 N–H and O–H groups in total. The van der Waals surface area contributed by atoms with E-state index in [9.17, 15) is 9.59 Å². The fraction of sp³-hybridized carbons (Fsp3) is 0.891. The third-order valence-corrected chi connectivity index (χ3v) is 12.7. The zero-order valence-electron chi connectivity index (χ0n) is 41.4. The Bertz CT molecular complexity index is 872. The highest BCUT2D eigenvalue weighted by atomic mass is 16.5. The van der Waals surface area contributed by atoms with Gasteiger partial charge >= 0.3 is 11.9 Å². The van der Waals surface area contributed by atoms with Gasteiger partial charge in [-0.3, -0.25) is 9.59 Å². The molecule has 5 nitrogen and oxygen atoms in total. The van der Waals surface area contributed by atoms with Gasteiger partial charge in [0.2, 0.25) is 0 Å². The molecule has 0 aromatic carbocycles. The molecule has 0 unspecified atom stereocenters. The van der Waals surface area contributed by atoms with Gasteiger partial charge in [0.1, 0.15) is 13.2 Å². The van der Waals surface area contributed by atoms with Crippen molar-refractivity contribution in [2.75, 3.05) is 33.9 Å². The molecule has 354 valence electrons. The van der Waals surface area contributed by atoms with Crippen LogP contribution in [0.4, 0.5) is 0 Å². The fourth-order valence-electron chi connectivity index (χ4n) is 8.69. The minimum atomic E-state index is -0.0307. The topological polar surface area (TPSA) is 55.8 Å². The van der Waals surface area contributed by atoms with Crippen molar-refractivity contribution < 1.29 is 19.1 Å². The third kappa shape index (κ3) is 43.0. The number of nitrogens with zero attached hydrogens (tertiary/aromatic N) is 1. The zero-order chi connectivity index (χ0) is 44.0. The molecule has 0 saturated heterocycles. The van der Waals surface area contributed by atoms with Gasteiger partial charge in [-0.05, 0) is 83.3 Å². The lowest BCUT2D eigenvalue weighted by Crippen LogP contribution is -2.13. The van der Waals surface area contributed by atoms with E-state index in [1.54, 1.807) is 0 Å². The minimum absolute atomic E-state index is 0.0307. The van der Waals surface area contributed by atoms with Gasteiger partial charge in [0, 0.05) is 12.8 Å². The first-order valence-electron chi connectivity index (χ1n) is 26.6. The van der Waals surface area contributed by atoms with Crippen LogP contribution in [0.2, 0.25) is 0 Å². The Hall–Kier alpha value is -1.62. The number of hydrogen-bond donors (Lipinski definition) is 0. The highest BCUT2D eigenvalue weighted by Gasteiger charge is 2.10. The lowest BCUT2D eigenvalue weighted by Gasteiger charge is -2.18. The van der Waals surface area contributed by atoms with Crippen LogP contribution in [0.25, 0.3) is 0 Å². The Balaban J connectivity index is 4.11. The molecule has 0 spiro atoms. The van der Waals surface area contributed by atoms with Crippen molar-refractivity contribution in [1.29, 1.82) is 0 Å². The number of carbonyl (C=O) groups is 2. The maximum absolute atomic E-state index is 12.3. The number of rotatable bonds is 47. The summed E-state index contributed by atoms with van der Waals surface area (Å²) in [4.78, 5) is 26.9. The molecule has 5 heteroatoms. The Morgan fingerprint density at radius 3 is 1.03 bits per heavy atom. The first kappa shape index (κ1) is 58.4. The van der Waals surface area contributed by atoms with Crippen molar-refractivity contribution in [3.8, 4) is 0 Å². The zero-order valence-corrected chi connectivity index (χ0v) is 41.4. The molecule has 0 atom stereocenters. The van der Waals surface area contributed by atoms with Crippen LogP contribution in [0.5, 0.6) is 0 Å². The predicted octanol–water partition coefficient (Wildman–Crippen LogP) is 17.1. The first-order chi connectivity index (χ1) is 29.4. The van der Waals surface area contributed by atoms with E-state index in [1.165, 1.54) is 206 Å². The van der Waals surface area contributed by atoms with E-state index in [-0.39, 0.29) is 11.9 Å². The Labute approximate surface area is 375 Å². The van der Waals surface area contributed by atoms with Gasteiger partial charge in [-0.25, -0.2) is 0 Å². The highest BCUT2D eigenvalue weighted by molar-refractivity contribution is 5.69. The predicted molar refractivity (Wildman–Crippen MR) is 263 cm³/mol. The smallest absolute Gasteiger partial charge is 0.306 e. The number of ether oxygens (including phenoxy) is 2. The molecule has 0 fully saturated rings. The molecule has 0 aliphatic carbocycles. The summed E-state index contributed by atoms with van der Waals surface area (Å²) in [6.45, 7) is 11.1. The van der Waals surface area contributed by atoms with Crippen LogP contribution in [0, 0.1) is 17.8 Å². The summed E-state index contributed by atoms with van der Waals surface area (Å²) in [6.07, 6.45) is 54.8. The van der Waals surface area contributed by atoms with E-state index in [1.807, 2.05) is 0 Å². The van der Waals surface area contributed by atoms with Crippen LogP contribution in [0.15, 0.2) is 24.3 Å². The quantitative estimate of drug-likeness (QED) is 0.0347. The summed E-state index contributed by atoms with van der Waals surface area (Å²) < 4.78 is 11.1. The molecule has 0 bridgehead atoms. The molecule has 0 saturated carbocycles. The average Bonchev–Trinajstić information content (AvgIpc) is 3.23. The number of esters is 2. The maximum atomic E-state index is 12.3. The second-order valence-electron chi connectivity index (χ2n) is 18.9. The van der Waals surface area contributed by atoms with Crippen molar-refractivity contribution in [2.24, 2.45) is 17.8 Å². The van der Waals surface area contributed by atoms with E-state index in [0.717, 1.165) is 31.6 Å². The van der Waals surface area contributed by atoms with E-state index >= 15 is 0 Å². The lowest BCUT2D eigenvalue weighted by atomic mass is 9.90. The monoisotopic (exact) mass is 844 g/mol. The van der Waals surface area contributed by atoms with Gasteiger partial charge in [-0.1, -0.05) is 232 Å². The molecule has 0 amide bonds. The van der Waals surface area contributed by atoms with Crippen molar-refractivity contribution in [2.45, 2.75) is 265 Å². The Morgan fingerprint density at radius 1 is 0.400 bits per heavy atom. The molecule has 0 radical (unpaired) electrons. The molecule has 0 aromatic rings. The fourth-order valence-corrected chi connectivity index (χ4v) is 8.69. The Morgan fingerprint density at radius 2 is 0.700 bits per heavy atom. The van der Waals surface area contributed by atoms with Crippen LogP contribution in [0.1, 0.15) is 265 Å². The van der Waals surface area contributed by atoms with Crippen LogP contribution in [-0.2, 0) is 19.1 Å². The van der Waals surface area contributed by atoms with Crippen molar-refractivity contribution in [3.63, 3.8) is 0 Å². The van der Waals surface area contributed by atoms with Crippen molar-refractivity contribution in [3.05, 3.63) is 24.3 Å². The summed E-state index contributed by atoms with van der Waals surface area (Å²) in [5.41, 5.74) is 0. The third-order valence-electron chi connectivity index (χ3n) is 12.7. The summed E-state index contributed by atoms with van der Waals surface area (Å²) in [5, 5.41) is 0. The molecule has 0 rings (SSSR count). The van der Waals surface area contributed by atoms with Gasteiger partial charge in [0.05, 0.1) is 0 Å². The molecule has 0 heterocycles. The molecule has 0 aliphatic heterocycles. The van der Waals surface area contributed by atoms with E-state index in [2.05, 4.69) is 71.0 Å². The number of allylic oxidation sites excluding steroid dienone is 2. The standard InChI is InChI=1S/C55H105NO4/c1-7-11-25-37-52(38-26-12-8-2)44-35-49-59-54(57)46-31-23-19-15-17-21-29-41-51(43-33-34-48-56(5)6)42-30-22-18-16-20-24-32-47-55(58)60-50-36-45-53(39-27-13-9-3)40-28-14-10-4/h35-36,44-45,51-53H,7-34,37-43,46-50H2,1-6H3/b44-35-,45-36-. The van der Waals surface area contributed by atoms with Crippen molar-refractivity contribution >= 4 is 11.9 Å². The van der Waals surface area contributed by atoms with Gasteiger partial charge in [0.15, 0.2) is 0 Å². The average molecular weight is 844 g/mol. The van der Waals surface area contributed by atoms with E-state index in [0.29, 0.717) is 37.9 Å². The molecule has 0 aliphatic rings. The minimum Gasteiger partial charge on any atom is -0.461 e. The number of hydrogen-bond acceptors (Lipinski definition) is 5. The van der Waals surface area contributed by atoms with Gasteiger partial charge < -0.3 is 14.4 Å². The summed E-state index contributed by atoms with van der Waals surface area (Å²) in [5.74, 6) is 2.10. The second-order valence-corrected chi connectivity index (χ2v) is 18.9. The van der Waals surface area contributed by atoms with Gasteiger partial charge in [0.25, 0.3) is 0 Å². The van der Waals surface area contributed by atoms with Crippen LogP contribution in [0.3, 0.4) is 0 Å². The maximum Gasteiger partial charge on any atom is 0.306 e. The Kier molecular flexibility index (Phi) is 45.6. The van der Waals surface area contributed by atoms with Crippen LogP contribution in [-0.4, -0.2) is 50.7 Å². The summed E-state index contributed by atoms with van der Waals surface area (Å²) in [7, 11) is 4.38. The molecular formula is C55H105NO4. The second kappa shape index (κ2) is 46.9. The lowest BCUT2D eigenvalue weighted by molar-refractivity contribution is -0.143. The summed E-state index contributed by atoms with van der Waals surface area (Å²) >= 11 is 0. The number of unbranched alkanes of at least 4 members (excludes halogenated alkanes) is 21. The molecule has 0 aromatic heterocycles. The van der Waals surface area contributed by atoms with E-state index in [4.69, 9.17) is 9.47 Å². The van der Waals surface area contributed by atoms with Crippen LogP contribution < -0.4 is 0 Å². The van der Waals surface area contributed by atoms with Gasteiger partial charge in [-0.2, -0.15) is 0 Å². The van der Waals surface area contributed by atoms with Crippen molar-refractivity contribution in [1.82, 2.24) is 4.90 Å². The normalized spacial score (nSPS) is 12.1. The summed E-state index contributed by atoms with van der Waals surface area (Å²) in [6, 6.07) is 0. The van der Waals surface area contributed by atoms with Gasteiger partial charge in [-0.15, -0.1) is 0 Å². The highest BCUT2D eigenvalue weighted by Crippen LogP contribution is 2.25. The molecule has 60 heavy (non-hydrogen) atoms. The SMILES string of the molecule is CCCCCC(/C=C\COC(=O)CCCCCCCCCC(CCCCCCCCCC(=O)OC/C=C\C(CCCCC)CCCCC)CCCCN(C)C)CCCCC.